The average Bonchev–Trinajstić information content (AvgIpc) is 2.75. The Kier molecular flexibility index (Phi) is 6.43. The molecule has 0 spiro atoms. The lowest BCUT2D eigenvalue weighted by Gasteiger charge is -2.28. The van der Waals surface area contributed by atoms with Crippen LogP contribution in [0, 0.1) is 10.1 Å². The molecule has 29 heavy (non-hydrogen) atoms. The fourth-order valence-corrected chi connectivity index (χ4v) is 3.30. The molecule has 1 aliphatic heterocycles. The molecule has 0 atom stereocenters. The third-order valence-corrected chi connectivity index (χ3v) is 4.88. The maximum absolute atomic E-state index is 12.6. The minimum absolute atomic E-state index is 0.0582. The maximum atomic E-state index is 12.6. The van der Waals surface area contributed by atoms with Crippen LogP contribution in [0.4, 0.5) is 22.7 Å². The van der Waals surface area contributed by atoms with Crippen LogP contribution in [0.3, 0.4) is 0 Å². The van der Waals surface area contributed by atoms with Gasteiger partial charge in [-0.05, 0) is 55.7 Å². The van der Waals surface area contributed by atoms with Gasteiger partial charge in [0.25, 0.3) is 11.6 Å². The highest BCUT2D eigenvalue weighted by molar-refractivity contribution is 6.05. The molecule has 152 valence electrons. The van der Waals surface area contributed by atoms with Gasteiger partial charge in [-0.1, -0.05) is 6.92 Å². The van der Waals surface area contributed by atoms with Gasteiger partial charge in [0.05, 0.1) is 4.92 Å². The number of nitrogens with zero attached hydrogens (tertiary/aromatic N) is 2. The Morgan fingerprint density at radius 3 is 2.21 bits per heavy atom. The Bertz CT molecular complexity index is 905. The number of nitrogens with one attached hydrogen (secondary N) is 2. The van der Waals surface area contributed by atoms with Gasteiger partial charge in [-0.25, -0.2) is 0 Å². The van der Waals surface area contributed by atoms with Crippen molar-refractivity contribution in [3.05, 3.63) is 58.1 Å². The van der Waals surface area contributed by atoms with Crippen molar-refractivity contribution in [2.45, 2.75) is 32.6 Å². The van der Waals surface area contributed by atoms with Crippen molar-refractivity contribution in [1.82, 2.24) is 0 Å². The maximum Gasteiger partial charge on any atom is 0.293 e. The molecule has 2 amide bonds. The van der Waals surface area contributed by atoms with Gasteiger partial charge in [0.15, 0.2) is 0 Å². The summed E-state index contributed by atoms with van der Waals surface area (Å²) in [6.07, 6.45) is 3.53. The van der Waals surface area contributed by atoms with Crippen molar-refractivity contribution < 1.29 is 14.5 Å². The molecule has 0 aromatic heterocycles. The van der Waals surface area contributed by atoms with Crippen LogP contribution >= 0.6 is 0 Å². The molecule has 3 rings (SSSR count). The number of nitro groups is 1. The quantitative estimate of drug-likeness (QED) is 0.563. The number of hydrogen-bond donors (Lipinski definition) is 2. The van der Waals surface area contributed by atoms with Crippen LogP contribution in [0.5, 0.6) is 0 Å². The Morgan fingerprint density at radius 1 is 1.00 bits per heavy atom. The molecule has 1 fully saturated rings. The van der Waals surface area contributed by atoms with Gasteiger partial charge in [-0.15, -0.1) is 0 Å². The lowest BCUT2D eigenvalue weighted by Crippen LogP contribution is -2.30. The van der Waals surface area contributed by atoms with Crippen LogP contribution in [-0.2, 0) is 4.79 Å². The van der Waals surface area contributed by atoms with Crippen LogP contribution in [-0.4, -0.2) is 29.8 Å². The lowest BCUT2D eigenvalue weighted by atomic mass is 10.1. The van der Waals surface area contributed by atoms with E-state index in [4.69, 9.17) is 0 Å². The van der Waals surface area contributed by atoms with E-state index in [1.807, 2.05) is 4.90 Å². The van der Waals surface area contributed by atoms with Gasteiger partial charge in [-0.3, -0.25) is 19.7 Å². The molecule has 2 aromatic carbocycles. The van der Waals surface area contributed by atoms with Crippen LogP contribution < -0.4 is 15.5 Å². The molecule has 0 radical (unpaired) electrons. The molecule has 1 heterocycles. The first-order valence-corrected chi connectivity index (χ1v) is 9.72. The van der Waals surface area contributed by atoms with Gasteiger partial charge < -0.3 is 15.5 Å². The van der Waals surface area contributed by atoms with Crippen LogP contribution in [0.25, 0.3) is 0 Å². The van der Waals surface area contributed by atoms with E-state index >= 15 is 0 Å². The minimum atomic E-state index is -0.439. The molecule has 1 aliphatic rings. The zero-order valence-electron chi connectivity index (χ0n) is 16.3. The van der Waals surface area contributed by atoms with E-state index in [0.29, 0.717) is 23.5 Å². The summed E-state index contributed by atoms with van der Waals surface area (Å²) in [5.74, 6) is -0.522. The van der Waals surface area contributed by atoms with Crippen molar-refractivity contribution in [1.29, 1.82) is 0 Å². The Labute approximate surface area is 169 Å². The zero-order valence-corrected chi connectivity index (χ0v) is 16.3. The largest absolute Gasteiger partial charge is 0.366 e. The van der Waals surface area contributed by atoms with Crippen molar-refractivity contribution in [2.75, 3.05) is 28.6 Å². The second kappa shape index (κ2) is 9.18. The molecule has 0 bridgehead atoms. The number of benzene rings is 2. The van der Waals surface area contributed by atoms with Crippen molar-refractivity contribution in [3.8, 4) is 0 Å². The number of rotatable bonds is 6. The highest BCUT2D eigenvalue weighted by Gasteiger charge is 2.23. The summed E-state index contributed by atoms with van der Waals surface area (Å²) in [5.41, 5.74) is 1.89. The number of amides is 2. The predicted octanol–water partition coefficient (Wildman–Crippen LogP) is 4.19. The normalized spacial score (nSPS) is 13.6. The summed E-state index contributed by atoms with van der Waals surface area (Å²) < 4.78 is 0. The Hall–Kier alpha value is -3.42. The monoisotopic (exact) mass is 396 g/mol. The van der Waals surface area contributed by atoms with E-state index in [2.05, 4.69) is 10.6 Å². The van der Waals surface area contributed by atoms with E-state index < -0.39 is 10.8 Å². The third kappa shape index (κ3) is 5.10. The Morgan fingerprint density at radius 2 is 1.62 bits per heavy atom. The van der Waals surface area contributed by atoms with Gasteiger partial charge in [0, 0.05) is 42.5 Å². The molecule has 8 nitrogen and oxygen atoms in total. The SMILES string of the molecule is CCC(=O)Nc1ccc(NC(=O)c2ccc(N3CCCCC3)c([N+](=O)[O-])c2)cc1. The fraction of sp³-hybridized carbons (Fsp3) is 0.333. The fourth-order valence-electron chi connectivity index (χ4n) is 3.30. The van der Waals surface area contributed by atoms with Gasteiger partial charge in [0.1, 0.15) is 5.69 Å². The van der Waals surface area contributed by atoms with E-state index in [0.717, 1.165) is 32.4 Å². The smallest absolute Gasteiger partial charge is 0.293 e. The third-order valence-electron chi connectivity index (χ3n) is 4.88. The van der Waals surface area contributed by atoms with Gasteiger partial charge >= 0.3 is 0 Å². The lowest BCUT2D eigenvalue weighted by molar-refractivity contribution is -0.384. The molecular weight excluding hydrogens is 372 g/mol. The molecule has 8 heteroatoms. The molecule has 2 N–H and O–H groups in total. The zero-order chi connectivity index (χ0) is 20.8. The van der Waals surface area contributed by atoms with Crippen LogP contribution in [0.2, 0.25) is 0 Å². The average molecular weight is 396 g/mol. The molecule has 0 aliphatic carbocycles. The van der Waals surface area contributed by atoms with Crippen molar-refractivity contribution in [3.63, 3.8) is 0 Å². The van der Waals surface area contributed by atoms with E-state index in [1.165, 1.54) is 6.07 Å². The molecule has 0 unspecified atom stereocenters. The summed E-state index contributed by atoms with van der Waals surface area (Å²) in [6.45, 7) is 3.33. The second-order valence-corrected chi connectivity index (χ2v) is 6.94. The predicted molar refractivity (Wildman–Crippen MR) is 112 cm³/mol. The summed E-state index contributed by atoms with van der Waals surface area (Å²) in [6, 6.07) is 11.3. The summed E-state index contributed by atoms with van der Waals surface area (Å²) in [5, 5.41) is 17.0. The molecule has 2 aromatic rings. The first kappa shape index (κ1) is 20.3. The Balaban J connectivity index is 1.74. The molecule has 0 saturated carbocycles. The standard InChI is InChI=1S/C21H24N4O4/c1-2-20(26)22-16-7-9-17(10-8-16)23-21(27)15-6-11-18(19(14-15)25(28)29)24-12-4-3-5-13-24/h6-11,14H,2-5,12-13H2,1H3,(H,22,26)(H,23,27). The molecule has 1 saturated heterocycles. The van der Waals surface area contributed by atoms with E-state index in [-0.39, 0.29) is 17.2 Å². The van der Waals surface area contributed by atoms with Crippen LogP contribution in [0.1, 0.15) is 43.0 Å². The summed E-state index contributed by atoms with van der Waals surface area (Å²) in [4.78, 5) is 37.1. The van der Waals surface area contributed by atoms with Crippen molar-refractivity contribution in [2.24, 2.45) is 0 Å². The van der Waals surface area contributed by atoms with Crippen LogP contribution in [0.15, 0.2) is 42.5 Å². The number of carbonyl (C=O) groups is 2. The highest BCUT2D eigenvalue weighted by Crippen LogP contribution is 2.31. The summed E-state index contributed by atoms with van der Waals surface area (Å²) >= 11 is 0. The topological polar surface area (TPSA) is 105 Å². The number of piperidine rings is 1. The number of hydrogen-bond acceptors (Lipinski definition) is 5. The first-order chi connectivity index (χ1) is 14.0. The first-order valence-electron chi connectivity index (χ1n) is 9.72. The number of anilines is 3. The minimum Gasteiger partial charge on any atom is -0.366 e. The van der Waals surface area contributed by atoms with E-state index in [9.17, 15) is 19.7 Å². The number of carbonyl (C=O) groups excluding carboxylic acids is 2. The van der Waals surface area contributed by atoms with E-state index in [1.54, 1.807) is 43.3 Å². The van der Waals surface area contributed by atoms with Crippen molar-refractivity contribution >= 4 is 34.6 Å². The number of nitro benzene ring substituents is 1. The summed E-state index contributed by atoms with van der Waals surface area (Å²) in [7, 11) is 0. The van der Waals surface area contributed by atoms with Gasteiger partial charge in [0.2, 0.25) is 5.91 Å². The van der Waals surface area contributed by atoms with Gasteiger partial charge in [-0.2, -0.15) is 0 Å². The second-order valence-electron chi connectivity index (χ2n) is 6.94. The molecular formula is C21H24N4O4. The highest BCUT2D eigenvalue weighted by atomic mass is 16.6.